The summed E-state index contributed by atoms with van der Waals surface area (Å²) in [5.74, 6) is 0. The summed E-state index contributed by atoms with van der Waals surface area (Å²) in [7, 11) is 2.14. The van der Waals surface area contributed by atoms with Gasteiger partial charge in [-0.05, 0) is 38.1 Å². The molecule has 0 aliphatic carbocycles. The normalized spacial score (nSPS) is 25.8. The van der Waals surface area contributed by atoms with E-state index in [0.717, 1.165) is 25.9 Å². The highest BCUT2D eigenvalue weighted by Crippen LogP contribution is 2.26. The average molecular weight is 229 g/mol. The van der Waals surface area contributed by atoms with Gasteiger partial charge in [-0.25, -0.2) is 0 Å². The Labute approximate surface area is 102 Å². The van der Waals surface area contributed by atoms with Crippen molar-refractivity contribution in [2.24, 2.45) is 5.73 Å². The number of nitrogens with one attached hydrogen (secondary N) is 1. The van der Waals surface area contributed by atoms with Crippen LogP contribution < -0.4 is 5.73 Å². The highest BCUT2D eigenvalue weighted by Gasteiger charge is 2.33. The van der Waals surface area contributed by atoms with Gasteiger partial charge >= 0.3 is 0 Å². The van der Waals surface area contributed by atoms with E-state index in [1.807, 2.05) is 0 Å². The monoisotopic (exact) mass is 229 g/mol. The zero-order chi connectivity index (χ0) is 11.9. The van der Waals surface area contributed by atoms with E-state index in [-0.39, 0.29) is 5.54 Å². The van der Waals surface area contributed by atoms with Crippen LogP contribution in [-0.2, 0) is 6.42 Å². The maximum absolute atomic E-state index is 6.48. The quantitative estimate of drug-likeness (QED) is 0.824. The predicted octanol–water partition coefficient (Wildman–Crippen LogP) is 1.74. The Morgan fingerprint density at radius 3 is 3.00 bits per heavy atom. The first-order chi connectivity index (χ1) is 8.16. The molecule has 0 saturated carbocycles. The van der Waals surface area contributed by atoms with Crippen molar-refractivity contribution >= 4 is 10.9 Å². The molecule has 3 rings (SSSR count). The molecular formula is C14H19N3. The molecule has 1 unspecified atom stereocenters. The van der Waals surface area contributed by atoms with Gasteiger partial charge in [0.2, 0.25) is 0 Å². The van der Waals surface area contributed by atoms with Crippen LogP contribution in [-0.4, -0.2) is 35.6 Å². The van der Waals surface area contributed by atoms with Crippen molar-refractivity contribution in [2.75, 3.05) is 20.1 Å². The number of nitrogens with two attached hydrogens (primary N) is 1. The van der Waals surface area contributed by atoms with Crippen LogP contribution in [0, 0.1) is 0 Å². The Morgan fingerprint density at radius 2 is 2.24 bits per heavy atom. The fourth-order valence-electron chi connectivity index (χ4n) is 2.91. The molecule has 1 aliphatic heterocycles. The molecule has 1 aromatic heterocycles. The summed E-state index contributed by atoms with van der Waals surface area (Å²) in [6.07, 6.45) is 4.15. The molecule has 3 N–H and O–H groups in total. The molecule has 0 spiro atoms. The van der Waals surface area contributed by atoms with Crippen molar-refractivity contribution in [1.29, 1.82) is 0 Å². The average Bonchev–Trinajstić information content (AvgIpc) is 2.85. The van der Waals surface area contributed by atoms with E-state index in [4.69, 9.17) is 5.73 Å². The summed E-state index contributed by atoms with van der Waals surface area (Å²) in [5, 5.41) is 1.31. The number of fused-ring (bicyclic) bond motifs is 1. The number of benzene rings is 1. The standard InChI is InChI=1S/C14H19N3/c1-17-7-6-14(15,10-17)8-11-9-16-13-5-3-2-4-12(11)13/h2-5,9,16H,6-8,10,15H2,1H3. The Kier molecular flexibility index (Phi) is 2.45. The van der Waals surface area contributed by atoms with Crippen LogP contribution in [0.3, 0.4) is 0 Å². The highest BCUT2D eigenvalue weighted by molar-refractivity contribution is 5.83. The van der Waals surface area contributed by atoms with E-state index in [9.17, 15) is 0 Å². The summed E-state index contributed by atoms with van der Waals surface area (Å²) in [6.45, 7) is 2.10. The number of likely N-dealkylation sites (tertiary alicyclic amines) is 1. The zero-order valence-electron chi connectivity index (χ0n) is 10.2. The second kappa shape index (κ2) is 3.86. The van der Waals surface area contributed by atoms with Gasteiger partial charge in [0.05, 0.1) is 0 Å². The molecule has 2 heterocycles. The maximum atomic E-state index is 6.48. The van der Waals surface area contributed by atoms with Crippen LogP contribution in [0.1, 0.15) is 12.0 Å². The number of hydrogen-bond donors (Lipinski definition) is 2. The van der Waals surface area contributed by atoms with Crippen molar-refractivity contribution in [3.8, 4) is 0 Å². The van der Waals surface area contributed by atoms with Crippen LogP contribution in [0.5, 0.6) is 0 Å². The fourth-order valence-corrected chi connectivity index (χ4v) is 2.91. The van der Waals surface area contributed by atoms with Gasteiger partial charge in [0.15, 0.2) is 0 Å². The topological polar surface area (TPSA) is 45.0 Å². The summed E-state index contributed by atoms with van der Waals surface area (Å²) in [6, 6.07) is 8.43. The van der Waals surface area contributed by atoms with Gasteiger partial charge in [0.25, 0.3) is 0 Å². The molecule has 1 aromatic carbocycles. The molecule has 0 bridgehead atoms. The number of rotatable bonds is 2. The third-order valence-corrected chi connectivity index (χ3v) is 3.79. The minimum Gasteiger partial charge on any atom is -0.361 e. The molecule has 0 radical (unpaired) electrons. The summed E-state index contributed by atoms with van der Waals surface area (Å²) >= 11 is 0. The molecule has 3 nitrogen and oxygen atoms in total. The lowest BCUT2D eigenvalue weighted by atomic mass is 9.91. The molecular weight excluding hydrogens is 210 g/mol. The number of H-pyrrole nitrogens is 1. The van der Waals surface area contributed by atoms with E-state index in [1.165, 1.54) is 16.5 Å². The molecule has 90 valence electrons. The smallest absolute Gasteiger partial charge is 0.0456 e. The van der Waals surface area contributed by atoms with Gasteiger partial charge in [0, 0.05) is 29.2 Å². The lowest BCUT2D eigenvalue weighted by molar-refractivity contribution is 0.367. The van der Waals surface area contributed by atoms with Crippen LogP contribution in [0.15, 0.2) is 30.5 Å². The predicted molar refractivity (Wildman–Crippen MR) is 71.0 cm³/mol. The van der Waals surface area contributed by atoms with Crippen molar-refractivity contribution in [3.05, 3.63) is 36.0 Å². The van der Waals surface area contributed by atoms with Crippen LogP contribution in [0.4, 0.5) is 0 Å². The summed E-state index contributed by atoms with van der Waals surface area (Å²) in [5.41, 5.74) is 8.97. The van der Waals surface area contributed by atoms with E-state index in [1.54, 1.807) is 0 Å². The van der Waals surface area contributed by atoms with E-state index >= 15 is 0 Å². The van der Waals surface area contributed by atoms with E-state index in [0.29, 0.717) is 0 Å². The Balaban J connectivity index is 1.90. The van der Waals surface area contributed by atoms with Crippen LogP contribution in [0.2, 0.25) is 0 Å². The summed E-state index contributed by atoms with van der Waals surface area (Å²) in [4.78, 5) is 5.64. The minimum atomic E-state index is -0.0558. The first-order valence-electron chi connectivity index (χ1n) is 6.19. The number of para-hydroxylation sites is 1. The number of aromatic amines is 1. The first kappa shape index (κ1) is 10.8. The lowest BCUT2D eigenvalue weighted by Crippen LogP contribution is -2.44. The molecule has 1 fully saturated rings. The van der Waals surface area contributed by atoms with Gasteiger partial charge in [-0.2, -0.15) is 0 Å². The van der Waals surface area contributed by atoms with Gasteiger partial charge in [-0.3, -0.25) is 0 Å². The van der Waals surface area contributed by atoms with E-state index in [2.05, 4.69) is 47.4 Å². The lowest BCUT2D eigenvalue weighted by Gasteiger charge is -2.23. The number of nitrogens with zero attached hydrogens (tertiary/aromatic N) is 1. The van der Waals surface area contributed by atoms with Gasteiger partial charge < -0.3 is 15.6 Å². The largest absolute Gasteiger partial charge is 0.361 e. The number of hydrogen-bond acceptors (Lipinski definition) is 2. The van der Waals surface area contributed by atoms with Crippen molar-refractivity contribution in [1.82, 2.24) is 9.88 Å². The van der Waals surface area contributed by atoms with Gasteiger partial charge in [0.1, 0.15) is 0 Å². The number of likely N-dealkylation sites (N-methyl/N-ethyl adjacent to an activating group) is 1. The highest BCUT2D eigenvalue weighted by atomic mass is 15.2. The summed E-state index contributed by atoms with van der Waals surface area (Å²) < 4.78 is 0. The molecule has 1 atom stereocenters. The Morgan fingerprint density at radius 1 is 1.41 bits per heavy atom. The molecule has 1 saturated heterocycles. The van der Waals surface area contributed by atoms with Gasteiger partial charge in [-0.15, -0.1) is 0 Å². The first-order valence-corrected chi connectivity index (χ1v) is 6.19. The SMILES string of the molecule is CN1CCC(N)(Cc2c[nH]c3ccccc23)C1. The van der Waals surface area contributed by atoms with Crippen molar-refractivity contribution in [2.45, 2.75) is 18.4 Å². The minimum absolute atomic E-state index is 0.0558. The van der Waals surface area contributed by atoms with Gasteiger partial charge in [-0.1, -0.05) is 18.2 Å². The number of aromatic nitrogens is 1. The molecule has 17 heavy (non-hydrogen) atoms. The van der Waals surface area contributed by atoms with E-state index < -0.39 is 0 Å². The molecule has 2 aromatic rings. The zero-order valence-corrected chi connectivity index (χ0v) is 10.2. The maximum Gasteiger partial charge on any atom is 0.0456 e. The fraction of sp³-hybridized carbons (Fsp3) is 0.429. The second-order valence-corrected chi connectivity index (χ2v) is 5.39. The van der Waals surface area contributed by atoms with Crippen LogP contribution >= 0.6 is 0 Å². The molecule has 1 aliphatic rings. The third kappa shape index (κ3) is 1.96. The third-order valence-electron chi connectivity index (χ3n) is 3.79. The second-order valence-electron chi connectivity index (χ2n) is 5.39. The Bertz CT molecular complexity index is 531. The van der Waals surface area contributed by atoms with Crippen LogP contribution in [0.25, 0.3) is 10.9 Å². The Hall–Kier alpha value is -1.32. The van der Waals surface area contributed by atoms with Crippen molar-refractivity contribution in [3.63, 3.8) is 0 Å². The molecule has 0 amide bonds. The molecule has 3 heteroatoms. The van der Waals surface area contributed by atoms with Crippen molar-refractivity contribution < 1.29 is 0 Å².